The van der Waals surface area contributed by atoms with Crippen molar-refractivity contribution in [1.29, 1.82) is 0 Å². The van der Waals surface area contributed by atoms with Crippen LogP contribution in [-0.4, -0.2) is 52.2 Å². The molecule has 21 heavy (non-hydrogen) atoms. The summed E-state index contributed by atoms with van der Waals surface area (Å²) in [6, 6.07) is 4.53. The molecular weight excluding hydrogens is 294 g/mol. The monoisotopic (exact) mass is 315 g/mol. The lowest BCUT2D eigenvalue weighted by atomic mass is 10.2. The van der Waals surface area contributed by atoms with E-state index in [1.165, 1.54) is 24.6 Å². The third-order valence-corrected chi connectivity index (χ3v) is 5.51. The minimum atomic E-state index is -3.67. The molecule has 1 saturated heterocycles. The van der Waals surface area contributed by atoms with Gasteiger partial charge >= 0.3 is 0 Å². The summed E-state index contributed by atoms with van der Waals surface area (Å²) in [5.74, 6) is 0.783. The fourth-order valence-electron chi connectivity index (χ4n) is 2.32. The van der Waals surface area contributed by atoms with Gasteiger partial charge in [0.2, 0.25) is 10.0 Å². The fourth-order valence-corrected chi connectivity index (χ4v) is 4.18. The minimum Gasteiger partial charge on any atom is -0.497 e. The maximum Gasteiger partial charge on any atom is 0.247 e. The Morgan fingerprint density at radius 1 is 1.24 bits per heavy atom. The summed E-state index contributed by atoms with van der Waals surface area (Å²) in [5, 5.41) is 0. The Bertz CT molecular complexity index is 601. The predicted octanol–water partition coefficient (Wildman–Crippen LogP) is 1.50. The second-order valence-corrected chi connectivity index (χ2v) is 6.94. The molecule has 0 spiro atoms. The van der Waals surface area contributed by atoms with Crippen LogP contribution in [0, 0.1) is 0 Å². The van der Waals surface area contributed by atoms with Crippen LogP contribution in [0.4, 0.5) is 0 Å². The molecule has 0 saturated carbocycles. The summed E-state index contributed by atoms with van der Waals surface area (Å²) >= 11 is 0. The highest BCUT2D eigenvalue weighted by molar-refractivity contribution is 7.89. The van der Waals surface area contributed by atoms with Gasteiger partial charge in [-0.05, 0) is 26.0 Å². The van der Waals surface area contributed by atoms with Crippen LogP contribution in [0.25, 0.3) is 0 Å². The Morgan fingerprint density at radius 2 is 1.95 bits per heavy atom. The van der Waals surface area contributed by atoms with Gasteiger partial charge in [-0.3, -0.25) is 0 Å². The molecule has 1 aliphatic heterocycles. The van der Waals surface area contributed by atoms with Crippen LogP contribution in [0.1, 0.15) is 13.8 Å². The van der Waals surface area contributed by atoms with Crippen LogP contribution in [-0.2, 0) is 14.8 Å². The zero-order valence-electron chi connectivity index (χ0n) is 12.7. The topological polar surface area (TPSA) is 65.1 Å². The Morgan fingerprint density at radius 3 is 2.57 bits per heavy atom. The summed E-state index contributed by atoms with van der Waals surface area (Å²) in [7, 11) is -0.723. The van der Waals surface area contributed by atoms with Crippen molar-refractivity contribution in [3.63, 3.8) is 0 Å². The Labute approximate surface area is 125 Å². The second-order valence-electron chi connectivity index (χ2n) is 5.08. The number of hydrogen-bond acceptors (Lipinski definition) is 5. The van der Waals surface area contributed by atoms with Crippen LogP contribution < -0.4 is 9.47 Å². The molecule has 1 aromatic carbocycles. The van der Waals surface area contributed by atoms with E-state index < -0.39 is 10.0 Å². The SMILES string of the molecule is COc1ccc(OC)c(S(=O)(=O)N2C[C@@H](C)OC[C@@H]2C)c1. The molecule has 6 nitrogen and oxygen atoms in total. The van der Waals surface area contributed by atoms with Gasteiger partial charge in [0.15, 0.2) is 0 Å². The van der Waals surface area contributed by atoms with Crippen molar-refractivity contribution in [2.45, 2.75) is 30.9 Å². The maximum absolute atomic E-state index is 12.9. The van der Waals surface area contributed by atoms with Crippen molar-refractivity contribution in [3.8, 4) is 11.5 Å². The Balaban J connectivity index is 2.47. The van der Waals surface area contributed by atoms with Gasteiger partial charge in [0.1, 0.15) is 16.4 Å². The highest BCUT2D eigenvalue weighted by Gasteiger charge is 2.36. The van der Waals surface area contributed by atoms with Crippen molar-refractivity contribution < 1.29 is 22.6 Å². The van der Waals surface area contributed by atoms with Gasteiger partial charge in [0.25, 0.3) is 0 Å². The molecule has 0 amide bonds. The number of nitrogens with zero attached hydrogens (tertiary/aromatic N) is 1. The molecule has 0 N–H and O–H groups in total. The van der Waals surface area contributed by atoms with Crippen LogP contribution in [0.3, 0.4) is 0 Å². The lowest BCUT2D eigenvalue weighted by Gasteiger charge is -2.35. The van der Waals surface area contributed by atoms with Crippen LogP contribution in [0.5, 0.6) is 11.5 Å². The van der Waals surface area contributed by atoms with Gasteiger partial charge in [0, 0.05) is 18.7 Å². The van der Waals surface area contributed by atoms with Crippen LogP contribution in [0.2, 0.25) is 0 Å². The van der Waals surface area contributed by atoms with Gasteiger partial charge in [-0.1, -0.05) is 0 Å². The van der Waals surface area contributed by atoms with Gasteiger partial charge < -0.3 is 14.2 Å². The van der Waals surface area contributed by atoms with E-state index in [1.54, 1.807) is 12.1 Å². The first-order valence-electron chi connectivity index (χ1n) is 6.75. The molecule has 0 unspecified atom stereocenters. The van der Waals surface area contributed by atoms with E-state index in [1.807, 2.05) is 13.8 Å². The first-order valence-corrected chi connectivity index (χ1v) is 8.19. The van der Waals surface area contributed by atoms with E-state index in [9.17, 15) is 8.42 Å². The Kier molecular flexibility index (Phi) is 4.75. The number of methoxy groups -OCH3 is 2. The third kappa shape index (κ3) is 3.14. The molecule has 2 rings (SSSR count). The average Bonchev–Trinajstić information content (AvgIpc) is 2.48. The lowest BCUT2D eigenvalue weighted by molar-refractivity contribution is -0.0171. The second kappa shape index (κ2) is 6.21. The molecule has 7 heteroatoms. The predicted molar refractivity (Wildman–Crippen MR) is 78.3 cm³/mol. The molecule has 0 aromatic heterocycles. The molecule has 0 aliphatic carbocycles. The number of ether oxygens (including phenoxy) is 3. The molecule has 1 aliphatic rings. The molecule has 1 fully saturated rings. The van der Waals surface area contributed by atoms with Gasteiger partial charge in [-0.25, -0.2) is 8.42 Å². The normalized spacial score (nSPS) is 23.8. The zero-order valence-corrected chi connectivity index (χ0v) is 13.5. The minimum absolute atomic E-state index is 0.116. The van der Waals surface area contributed by atoms with Crippen molar-refractivity contribution in [1.82, 2.24) is 4.31 Å². The summed E-state index contributed by atoms with van der Waals surface area (Å²) < 4.78 is 43.1. The largest absolute Gasteiger partial charge is 0.497 e. The quantitative estimate of drug-likeness (QED) is 0.842. The van der Waals surface area contributed by atoms with E-state index in [0.29, 0.717) is 24.7 Å². The Hall–Kier alpha value is -1.31. The van der Waals surface area contributed by atoms with Crippen molar-refractivity contribution >= 4 is 10.0 Å². The maximum atomic E-state index is 12.9. The summed E-state index contributed by atoms with van der Waals surface area (Å²) in [6.07, 6.45) is -0.132. The van der Waals surface area contributed by atoms with E-state index in [2.05, 4.69) is 0 Å². The van der Waals surface area contributed by atoms with Crippen molar-refractivity contribution in [2.75, 3.05) is 27.4 Å². The third-order valence-electron chi connectivity index (χ3n) is 3.51. The molecule has 2 atom stereocenters. The van der Waals surface area contributed by atoms with E-state index in [4.69, 9.17) is 14.2 Å². The summed E-state index contributed by atoms with van der Waals surface area (Å²) in [5.41, 5.74) is 0. The molecule has 1 aromatic rings. The first-order chi connectivity index (χ1) is 9.90. The van der Waals surface area contributed by atoms with Gasteiger partial charge in [-0.2, -0.15) is 4.31 Å². The van der Waals surface area contributed by atoms with Crippen LogP contribution >= 0.6 is 0 Å². The fraction of sp³-hybridized carbons (Fsp3) is 0.571. The van der Waals surface area contributed by atoms with Crippen molar-refractivity contribution in [2.24, 2.45) is 0 Å². The standard InChI is InChI=1S/C14H21NO5S/c1-10-9-20-11(2)8-15(10)21(16,17)14-7-12(18-3)5-6-13(14)19-4/h5-7,10-11H,8-9H2,1-4H3/t10-,11+/m0/s1. The number of hydrogen-bond donors (Lipinski definition) is 0. The summed E-state index contributed by atoms with van der Waals surface area (Å²) in [4.78, 5) is 0.116. The number of sulfonamides is 1. The molecule has 0 radical (unpaired) electrons. The van der Waals surface area contributed by atoms with E-state index in [-0.39, 0.29) is 17.0 Å². The average molecular weight is 315 g/mol. The number of morpholine rings is 1. The highest BCUT2D eigenvalue weighted by Crippen LogP contribution is 2.32. The van der Waals surface area contributed by atoms with E-state index >= 15 is 0 Å². The van der Waals surface area contributed by atoms with Crippen molar-refractivity contribution in [3.05, 3.63) is 18.2 Å². The molecule has 0 bridgehead atoms. The molecular formula is C14H21NO5S. The highest BCUT2D eigenvalue weighted by atomic mass is 32.2. The zero-order chi connectivity index (χ0) is 15.6. The molecule has 1 heterocycles. The van der Waals surface area contributed by atoms with Gasteiger partial charge in [-0.15, -0.1) is 0 Å². The summed E-state index contributed by atoms with van der Waals surface area (Å²) in [6.45, 7) is 4.39. The lowest BCUT2D eigenvalue weighted by Crippen LogP contribution is -2.50. The smallest absolute Gasteiger partial charge is 0.247 e. The van der Waals surface area contributed by atoms with Crippen LogP contribution in [0.15, 0.2) is 23.1 Å². The van der Waals surface area contributed by atoms with E-state index in [0.717, 1.165) is 0 Å². The number of benzene rings is 1. The number of rotatable bonds is 4. The van der Waals surface area contributed by atoms with Gasteiger partial charge in [0.05, 0.1) is 26.9 Å². The first kappa shape index (κ1) is 16.1. The molecule has 118 valence electrons.